The maximum Gasteiger partial charge on any atom is 0.408 e. The smallest absolute Gasteiger partial charge is 0.408 e. The summed E-state index contributed by atoms with van der Waals surface area (Å²) in [7, 11) is 0. The fourth-order valence-corrected chi connectivity index (χ4v) is 3.74. The fourth-order valence-electron chi connectivity index (χ4n) is 3.74. The van der Waals surface area contributed by atoms with Gasteiger partial charge < -0.3 is 25.4 Å². The number of nitrogens with zero attached hydrogens (tertiary/aromatic N) is 1. The van der Waals surface area contributed by atoms with Gasteiger partial charge in [-0.3, -0.25) is 9.59 Å². The molecular formula is C27H45N3O5. The van der Waals surface area contributed by atoms with Crippen LogP contribution in [0.5, 0.6) is 0 Å². The van der Waals surface area contributed by atoms with Crippen molar-refractivity contribution in [3.63, 3.8) is 0 Å². The SMILES string of the molecule is CCCC(C)NC(=O)C(c1ccc(C)cc1)N(C(=O)C(CO)NC(=O)OC(C)(C)C)C(C)(C)CC. The van der Waals surface area contributed by atoms with Gasteiger partial charge in [0.1, 0.15) is 17.7 Å². The summed E-state index contributed by atoms with van der Waals surface area (Å²) in [5.41, 5.74) is 0.149. The van der Waals surface area contributed by atoms with Crippen LogP contribution in [0, 0.1) is 6.92 Å². The molecule has 0 aliphatic carbocycles. The van der Waals surface area contributed by atoms with Crippen LogP contribution in [0.1, 0.15) is 91.8 Å². The quantitative estimate of drug-likeness (QED) is 0.429. The Hall–Kier alpha value is -2.61. The first kappa shape index (κ1) is 30.4. The Bertz CT molecular complexity index is 845. The van der Waals surface area contributed by atoms with Crippen LogP contribution in [0.25, 0.3) is 0 Å². The van der Waals surface area contributed by atoms with Crippen LogP contribution >= 0.6 is 0 Å². The molecule has 8 nitrogen and oxygen atoms in total. The van der Waals surface area contributed by atoms with Crippen LogP contribution in [0.2, 0.25) is 0 Å². The summed E-state index contributed by atoms with van der Waals surface area (Å²) in [5.74, 6) is -0.868. The largest absolute Gasteiger partial charge is 0.444 e. The van der Waals surface area contributed by atoms with E-state index in [2.05, 4.69) is 10.6 Å². The average molecular weight is 492 g/mol. The number of aliphatic hydroxyl groups excluding tert-OH is 1. The van der Waals surface area contributed by atoms with Gasteiger partial charge in [0.2, 0.25) is 11.8 Å². The second-order valence-corrected chi connectivity index (χ2v) is 10.8. The van der Waals surface area contributed by atoms with Crippen LogP contribution in [-0.4, -0.2) is 57.7 Å². The molecule has 0 saturated carbocycles. The van der Waals surface area contributed by atoms with E-state index in [1.54, 1.807) is 20.8 Å². The molecule has 8 heteroatoms. The van der Waals surface area contributed by atoms with E-state index < -0.39 is 41.8 Å². The van der Waals surface area contributed by atoms with E-state index in [1.807, 2.05) is 65.8 Å². The zero-order valence-electron chi connectivity index (χ0n) is 22.9. The average Bonchev–Trinajstić information content (AvgIpc) is 2.74. The van der Waals surface area contributed by atoms with Crippen LogP contribution < -0.4 is 10.6 Å². The Kier molecular flexibility index (Phi) is 11.2. The Morgan fingerprint density at radius 2 is 1.60 bits per heavy atom. The van der Waals surface area contributed by atoms with Crippen molar-refractivity contribution < 1.29 is 24.2 Å². The minimum absolute atomic E-state index is 0.0735. The molecule has 35 heavy (non-hydrogen) atoms. The van der Waals surface area contributed by atoms with Crippen LogP contribution in [0.4, 0.5) is 4.79 Å². The van der Waals surface area contributed by atoms with Gasteiger partial charge in [-0.15, -0.1) is 0 Å². The number of carbonyl (C=O) groups excluding carboxylic acids is 3. The first-order valence-corrected chi connectivity index (χ1v) is 12.5. The van der Waals surface area contributed by atoms with Gasteiger partial charge >= 0.3 is 6.09 Å². The van der Waals surface area contributed by atoms with E-state index >= 15 is 0 Å². The van der Waals surface area contributed by atoms with Gasteiger partial charge in [0, 0.05) is 11.6 Å². The monoisotopic (exact) mass is 491 g/mol. The Morgan fingerprint density at radius 3 is 2.06 bits per heavy atom. The first-order valence-electron chi connectivity index (χ1n) is 12.5. The number of amides is 3. The van der Waals surface area contributed by atoms with Gasteiger partial charge in [0.25, 0.3) is 0 Å². The summed E-state index contributed by atoms with van der Waals surface area (Å²) in [4.78, 5) is 41.5. The number of hydrogen-bond acceptors (Lipinski definition) is 5. The van der Waals surface area contributed by atoms with Crippen molar-refractivity contribution in [1.82, 2.24) is 15.5 Å². The highest BCUT2D eigenvalue weighted by atomic mass is 16.6. The second kappa shape index (κ2) is 12.9. The predicted octanol–water partition coefficient (Wildman–Crippen LogP) is 4.24. The van der Waals surface area contributed by atoms with Gasteiger partial charge in [-0.1, -0.05) is 50.1 Å². The summed E-state index contributed by atoms with van der Waals surface area (Å²) < 4.78 is 5.29. The number of aliphatic hydroxyl groups is 1. The summed E-state index contributed by atoms with van der Waals surface area (Å²) in [6.07, 6.45) is 1.44. The zero-order valence-corrected chi connectivity index (χ0v) is 22.9. The molecule has 1 aromatic rings. The van der Waals surface area contributed by atoms with Crippen molar-refractivity contribution in [2.24, 2.45) is 0 Å². The van der Waals surface area contributed by atoms with Crippen LogP contribution in [0.15, 0.2) is 24.3 Å². The van der Waals surface area contributed by atoms with Crippen molar-refractivity contribution in [2.75, 3.05) is 6.61 Å². The maximum absolute atomic E-state index is 13.9. The molecule has 0 fully saturated rings. The molecule has 198 valence electrons. The zero-order chi connectivity index (χ0) is 27.0. The van der Waals surface area contributed by atoms with Gasteiger partial charge in [-0.05, 0) is 66.9 Å². The maximum atomic E-state index is 13.9. The molecule has 0 aromatic heterocycles. The van der Waals surface area contributed by atoms with Gasteiger partial charge in [-0.2, -0.15) is 0 Å². The van der Waals surface area contributed by atoms with Crippen molar-refractivity contribution in [3.05, 3.63) is 35.4 Å². The highest BCUT2D eigenvalue weighted by Crippen LogP contribution is 2.32. The molecule has 0 heterocycles. The number of aryl methyl sites for hydroxylation is 1. The molecule has 0 aliphatic heterocycles. The Balaban J connectivity index is 3.52. The second-order valence-electron chi connectivity index (χ2n) is 10.8. The molecule has 0 bridgehead atoms. The third-order valence-electron chi connectivity index (χ3n) is 5.94. The molecular weight excluding hydrogens is 446 g/mol. The number of nitrogens with one attached hydrogen (secondary N) is 2. The van der Waals surface area contributed by atoms with Crippen LogP contribution in [-0.2, 0) is 14.3 Å². The summed E-state index contributed by atoms with van der Waals surface area (Å²) in [6, 6.07) is 5.17. The Labute approximate surface area is 210 Å². The van der Waals surface area contributed by atoms with Crippen molar-refractivity contribution in [2.45, 2.75) is 111 Å². The molecule has 1 aromatic carbocycles. The van der Waals surface area contributed by atoms with Crippen molar-refractivity contribution >= 4 is 17.9 Å². The lowest BCUT2D eigenvalue weighted by Crippen LogP contribution is -2.60. The third kappa shape index (κ3) is 9.17. The molecule has 3 amide bonds. The standard InChI is InChI=1S/C27H45N3O5/c1-10-12-19(4)28-23(32)22(20-15-13-18(3)14-16-20)30(27(8,9)11-2)24(33)21(17-31)29-25(34)35-26(5,6)7/h13-16,19,21-22,31H,10-12,17H2,1-9H3,(H,28,32)(H,29,34). The van der Waals surface area contributed by atoms with E-state index in [-0.39, 0.29) is 11.9 Å². The normalized spacial score (nSPS) is 14.5. The first-order chi connectivity index (χ1) is 16.2. The van der Waals surface area contributed by atoms with E-state index in [0.717, 1.165) is 18.4 Å². The molecule has 0 radical (unpaired) electrons. The van der Waals surface area contributed by atoms with Crippen molar-refractivity contribution in [1.29, 1.82) is 0 Å². The van der Waals surface area contributed by atoms with E-state index in [9.17, 15) is 19.5 Å². The fraction of sp³-hybridized carbons (Fsp3) is 0.667. The number of hydrogen-bond donors (Lipinski definition) is 3. The highest BCUT2D eigenvalue weighted by Gasteiger charge is 2.43. The molecule has 0 aliphatic rings. The molecule has 1 rings (SSSR count). The van der Waals surface area contributed by atoms with Gasteiger partial charge in [0.05, 0.1) is 6.61 Å². The molecule has 0 spiro atoms. The van der Waals surface area contributed by atoms with Gasteiger partial charge in [0.15, 0.2) is 0 Å². The van der Waals surface area contributed by atoms with E-state index in [0.29, 0.717) is 12.0 Å². The molecule has 3 atom stereocenters. The number of benzene rings is 1. The Morgan fingerprint density at radius 1 is 1.03 bits per heavy atom. The van der Waals surface area contributed by atoms with Gasteiger partial charge in [-0.25, -0.2) is 4.79 Å². The number of ether oxygens (including phenoxy) is 1. The molecule has 3 N–H and O–H groups in total. The van der Waals surface area contributed by atoms with Crippen LogP contribution in [0.3, 0.4) is 0 Å². The predicted molar refractivity (Wildman–Crippen MR) is 138 cm³/mol. The third-order valence-corrected chi connectivity index (χ3v) is 5.94. The molecule has 0 saturated heterocycles. The lowest BCUT2D eigenvalue weighted by Gasteiger charge is -2.44. The lowest BCUT2D eigenvalue weighted by molar-refractivity contribution is -0.150. The topological polar surface area (TPSA) is 108 Å². The van der Waals surface area contributed by atoms with E-state index in [1.165, 1.54) is 4.90 Å². The van der Waals surface area contributed by atoms with E-state index in [4.69, 9.17) is 4.74 Å². The number of rotatable bonds is 11. The minimum Gasteiger partial charge on any atom is -0.444 e. The minimum atomic E-state index is -1.27. The van der Waals surface area contributed by atoms with Crippen molar-refractivity contribution in [3.8, 4) is 0 Å². The summed E-state index contributed by atoms with van der Waals surface area (Å²) >= 11 is 0. The lowest BCUT2D eigenvalue weighted by atomic mass is 9.91. The highest BCUT2D eigenvalue weighted by molar-refractivity contribution is 5.92. The summed E-state index contributed by atoms with van der Waals surface area (Å²) in [6.45, 7) is 16.1. The molecule has 3 unspecified atom stereocenters. The number of carbonyl (C=O) groups is 3. The number of alkyl carbamates (subject to hydrolysis) is 1. The summed E-state index contributed by atoms with van der Waals surface area (Å²) in [5, 5.41) is 15.6.